The van der Waals surface area contributed by atoms with Gasteiger partial charge in [0.05, 0.1) is 17.2 Å². The van der Waals surface area contributed by atoms with Crippen molar-refractivity contribution in [2.24, 2.45) is 34.8 Å². The van der Waals surface area contributed by atoms with Crippen LogP contribution in [0, 0.1) is 29.1 Å². The summed E-state index contributed by atoms with van der Waals surface area (Å²) >= 11 is 0. The van der Waals surface area contributed by atoms with Crippen molar-refractivity contribution in [1.29, 1.82) is 0 Å². The second kappa shape index (κ2) is 12.0. The van der Waals surface area contributed by atoms with Gasteiger partial charge in [0.25, 0.3) is 0 Å². The number of hydrogen-bond donors (Lipinski definition) is 4. The van der Waals surface area contributed by atoms with E-state index in [9.17, 15) is 24.9 Å². The molecule has 3 unspecified atom stereocenters. The number of nitrogens with zero attached hydrogens (tertiary/aromatic N) is 2. The molecule has 0 bridgehead atoms. The zero-order chi connectivity index (χ0) is 33.1. The molecule has 0 saturated heterocycles. The lowest BCUT2D eigenvalue weighted by molar-refractivity contribution is -0.130. The fourth-order valence-corrected chi connectivity index (χ4v) is 8.77. The maximum atomic E-state index is 14.6. The van der Waals surface area contributed by atoms with Crippen LogP contribution in [0.5, 0.6) is 5.75 Å². The van der Waals surface area contributed by atoms with Crippen molar-refractivity contribution in [3.05, 3.63) is 82.6 Å². The molecule has 2 aromatic carbocycles. The number of nitrogens with two attached hydrogens (primary N) is 1. The van der Waals surface area contributed by atoms with E-state index < -0.39 is 23.3 Å². The third-order valence-electron chi connectivity index (χ3n) is 10.9. The topological polar surface area (TPSA) is 127 Å². The van der Waals surface area contributed by atoms with Gasteiger partial charge < -0.3 is 21.1 Å². The number of rotatable bonds is 10. The largest absolute Gasteiger partial charge is 0.510 e. The van der Waals surface area contributed by atoms with E-state index >= 15 is 0 Å². The first-order valence-corrected chi connectivity index (χ1v) is 16.6. The number of allylic oxidation sites excluding steroid dienone is 2. The molecule has 2 fully saturated rings. The molecule has 244 valence electrons. The SMILES string of the molecule is C=C[C@]1(C)C(C(N)=O)=C(O)[C@@H](N(C)C)C2CC3Cc4c(-c5cccc(CN(CCC)CC6CC6)c5)ccc(O)c4C(O)=C3C(=O)C21. The number of primary amides is 1. The van der Waals surface area contributed by atoms with Gasteiger partial charge in [0.1, 0.15) is 17.3 Å². The number of phenols is 1. The van der Waals surface area contributed by atoms with Crippen LogP contribution in [0.3, 0.4) is 0 Å². The van der Waals surface area contributed by atoms with Crippen molar-refractivity contribution in [3.8, 4) is 16.9 Å². The van der Waals surface area contributed by atoms with Crippen LogP contribution in [-0.4, -0.2) is 70.0 Å². The van der Waals surface area contributed by atoms with Crippen molar-refractivity contribution >= 4 is 17.4 Å². The minimum atomic E-state index is -1.24. The number of aromatic hydroxyl groups is 1. The van der Waals surface area contributed by atoms with Crippen molar-refractivity contribution in [3.63, 3.8) is 0 Å². The zero-order valence-corrected chi connectivity index (χ0v) is 27.4. The van der Waals surface area contributed by atoms with E-state index in [2.05, 4.69) is 42.7 Å². The second-order valence-corrected chi connectivity index (χ2v) is 14.3. The number of fused-ring (bicyclic) bond motifs is 3. The average Bonchev–Trinajstić information content (AvgIpc) is 3.80. The maximum Gasteiger partial charge on any atom is 0.248 e. The van der Waals surface area contributed by atoms with Gasteiger partial charge in [-0.2, -0.15) is 0 Å². The van der Waals surface area contributed by atoms with Crippen LogP contribution in [0.4, 0.5) is 0 Å². The molecule has 0 aliphatic heterocycles. The van der Waals surface area contributed by atoms with Gasteiger partial charge in [-0.15, -0.1) is 6.58 Å². The number of aliphatic hydroxyl groups is 2. The normalized spacial score (nSPS) is 27.5. The van der Waals surface area contributed by atoms with Crippen LogP contribution >= 0.6 is 0 Å². The van der Waals surface area contributed by atoms with E-state index in [1.54, 1.807) is 13.0 Å². The van der Waals surface area contributed by atoms with Gasteiger partial charge in [-0.3, -0.25) is 19.4 Å². The standard InChI is InChI=1S/C38H47N3O5/c1-6-15-41(19-21-11-12-21)20-22-9-8-10-23(16-22)25-13-14-28(42)30-26(25)17-24-18-27-31(35(44)29(24)34(30)43)38(3,7-2)32(37(39)46)36(45)33(27)40(4)5/h7-10,13-14,16,21,24,27,31,33,42-43,45H,2,6,11-12,15,17-20H2,1,3-5H3,(H2,39,46)/t24?,27?,31?,33-,38-/m0/s1. The van der Waals surface area contributed by atoms with Crippen LogP contribution in [0.25, 0.3) is 16.9 Å². The number of amides is 1. The highest BCUT2D eigenvalue weighted by Gasteiger charge is 2.59. The molecule has 0 heterocycles. The molecule has 46 heavy (non-hydrogen) atoms. The smallest absolute Gasteiger partial charge is 0.248 e. The van der Waals surface area contributed by atoms with E-state index in [4.69, 9.17) is 5.73 Å². The summed E-state index contributed by atoms with van der Waals surface area (Å²) in [5.41, 5.74) is 9.03. The predicted molar refractivity (Wildman–Crippen MR) is 180 cm³/mol. The molecule has 0 aromatic heterocycles. The number of phenolic OH excluding ortho intramolecular Hbond substituents is 1. The van der Waals surface area contributed by atoms with Gasteiger partial charge in [-0.05, 0) is 105 Å². The highest BCUT2D eigenvalue weighted by molar-refractivity contribution is 6.08. The number of carbonyl (C=O) groups is 2. The van der Waals surface area contributed by atoms with Crippen molar-refractivity contribution in [2.45, 2.75) is 58.5 Å². The molecule has 5 atom stereocenters. The minimum Gasteiger partial charge on any atom is -0.510 e. The Balaban J connectivity index is 1.43. The van der Waals surface area contributed by atoms with Crippen molar-refractivity contribution in [1.82, 2.24) is 9.80 Å². The Labute approximate surface area is 271 Å². The fourth-order valence-electron chi connectivity index (χ4n) is 8.77. The third-order valence-corrected chi connectivity index (χ3v) is 10.9. The maximum absolute atomic E-state index is 14.6. The summed E-state index contributed by atoms with van der Waals surface area (Å²) in [5.74, 6) is -2.21. The Morgan fingerprint density at radius 1 is 1.15 bits per heavy atom. The fraction of sp³-hybridized carbons (Fsp3) is 0.474. The predicted octanol–water partition coefficient (Wildman–Crippen LogP) is 5.76. The Hall–Kier alpha value is -3.88. The summed E-state index contributed by atoms with van der Waals surface area (Å²) in [6.07, 6.45) is 6.18. The van der Waals surface area contributed by atoms with Gasteiger partial charge in [0.2, 0.25) is 5.91 Å². The third kappa shape index (κ3) is 5.25. The second-order valence-electron chi connectivity index (χ2n) is 14.3. The van der Waals surface area contributed by atoms with Crippen LogP contribution in [0.1, 0.15) is 56.2 Å². The van der Waals surface area contributed by atoms with Crippen molar-refractivity contribution < 1.29 is 24.9 Å². The molecule has 8 nitrogen and oxygen atoms in total. The molecule has 2 aromatic rings. The summed E-state index contributed by atoms with van der Waals surface area (Å²) in [4.78, 5) is 31.6. The molecule has 0 spiro atoms. The highest BCUT2D eigenvalue weighted by Crippen LogP contribution is 2.58. The first kappa shape index (κ1) is 32.1. The summed E-state index contributed by atoms with van der Waals surface area (Å²) in [5, 5.41) is 34.4. The van der Waals surface area contributed by atoms with E-state index in [0.29, 0.717) is 12.8 Å². The molecule has 2 saturated carbocycles. The van der Waals surface area contributed by atoms with Gasteiger partial charge in [-0.25, -0.2) is 0 Å². The van der Waals surface area contributed by atoms with Gasteiger partial charge in [0.15, 0.2) is 5.78 Å². The first-order valence-electron chi connectivity index (χ1n) is 16.6. The highest BCUT2D eigenvalue weighted by atomic mass is 16.3. The Bertz CT molecular complexity index is 1650. The first-order chi connectivity index (χ1) is 21.9. The van der Waals surface area contributed by atoms with Gasteiger partial charge in [-0.1, -0.05) is 44.2 Å². The van der Waals surface area contributed by atoms with E-state index in [0.717, 1.165) is 48.7 Å². The lowest BCUT2D eigenvalue weighted by Crippen LogP contribution is -2.58. The van der Waals surface area contributed by atoms with Crippen LogP contribution in [0.15, 0.2) is 66.0 Å². The van der Waals surface area contributed by atoms with E-state index in [-0.39, 0.29) is 51.6 Å². The molecule has 4 aliphatic rings. The number of ketones is 1. The molecule has 8 heteroatoms. The van der Waals surface area contributed by atoms with E-state index in [1.165, 1.54) is 24.5 Å². The Morgan fingerprint density at radius 3 is 2.52 bits per heavy atom. The lowest BCUT2D eigenvalue weighted by Gasteiger charge is -2.53. The number of likely N-dealkylation sites (N-methyl/N-ethyl adjacent to an activating group) is 1. The Kier molecular flexibility index (Phi) is 8.40. The number of hydrogen-bond acceptors (Lipinski definition) is 7. The molecule has 5 N–H and O–H groups in total. The number of carbonyl (C=O) groups excluding carboxylic acids is 2. The summed E-state index contributed by atoms with van der Waals surface area (Å²) in [6.45, 7) is 10.9. The summed E-state index contributed by atoms with van der Waals surface area (Å²) in [6, 6.07) is 11.4. The molecule has 0 radical (unpaired) electrons. The zero-order valence-electron chi connectivity index (χ0n) is 27.4. The summed E-state index contributed by atoms with van der Waals surface area (Å²) < 4.78 is 0. The van der Waals surface area contributed by atoms with E-state index in [1.807, 2.05) is 25.1 Å². The molecular weight excluding hydrogens is 578 g/mol. The number of benzene rings is 2. The Morgan fingerprint density at radius 2 is 1.89 bits per heavy atom. The number of Topliss-reactive ketones (excluding diaryl/α,β-unsaturated/α-hetero) is 1. The molecular formula is C38H47N3O5. The molecule has 6 rings (SSSR count). The number of aliphatic hydroxyl groups excluding tert-OH is 2. The summed E-state index contributed by atoms with van der Waals surface area (Å²) in [7, 11) is 3.62. The van der Waals surface area contributed by atoms with Crippen molar-refractivity contribution in [2.75, 3.05) is 27.2 Å². The van der Waals surface area contributed by atoms with Crippen LogP contribution in [-0.2, 0) is 22.6 Å². The van der Waals surface area contributed by atoms with Gasteiger partial charge >= 0.3 is 0 Å². The van der Waals surface area contributed by atoms with Crippen LogP contribution in [0.2, 0.25) is 0 Å². The molecule has 1 amide bonds. The monoisotopic (exact) mass is 625 g/mol. The quantitative estimate of drug-likeness (QED) is 0.247. The average molecular weight is 626 g/mol. The van der Waals surface area contributed by atoms with Crippen LogP contribution < -0.4 is 5.73 Å². The lowest BCUT2D eigenvalue weighted by atomic mass is 9.51. The molecule has 4 aliphatic carbocycles. The van der Waals surface area contributed by atoms with Gasteiger partial charge in [0, 0.05) is 30.0 Å². The minimum absolute atomic E-state index is 0.0230.